The first-order chi connectivity index (χ1) is 11.3. The summed E-state index contributed by atoms with van der Waals surface area (Å²) in [7, 11) is 0. The van der Waals surface area contributed by atoms with E-state index in [4.69, 9.17) is 0 Å². The van der Waals surface area contributed by atoms with Crippen molar-refractivity contribution in [2.24, 2.45) is 0 Å². The molecule has 3 aromatic rings. The van der Waals surface area contributed by atoms with E-state index in [1.54, 1.807) is 6.07 Å². The quantitative estimate of drug-likeness (QED) is 0.740. The van der Waals surface area contributed by atoms with Crippen LogP contribution in [0.1, 0.15) is 22.7 Å². The third-order valence-corrected chi connectivity index (χ3v) is 4.53. The third kappa shape index (κ3) is 2.73. The van der Waals surface area contributed by atoms with Crippen LogP contribution in [-0.2, 0) is 6.42 Å². The molecule has 1 aliphatic heterocycles. The van der Waals surface area contributed by atoms with E-state index in [0.717, 1.165) is 13.0 Å². The Morgan fingerprint density at radius 2 is 1.57 bits per heavy atom. The SMILES string of the molecule is Oc1ccc2c(c1)CCNC2c1ccc(-c2ccccc2)cc1. The van der Waals surface area contributed by atoms with Crippen molar-refractivity contribution in [3.8, 4) is 16.9 Å². The number of fused-ring (bicyclic) bond motifs is 1. The highest BCUT2D eigenvalue weighted by Gasteiger charge is 2.21. The van der Waals surface area contributed by atoms with Crippen LogP contribution in [0.3, 0.4) is 0 Å². The largest absolute Gasteiger partial charge is 0.508 e. The zero-order chi connectivity index (χ0) is 15.6. The van der Waals surface area contributed by atoms with Gasteiger partial charge in [0.05, 0.1) is 6.04 Å². The first-order valence-electron chi connectivity index (χ1n) is 8.02. The molecule has 1 aliphatic rings. The molecule has 0 fully saturated rings. The summed E-state index contributed by atoms with van der Waals surface area (Å²) >= 11 is 0. The molecule has 0 aliphatic carbocycles. The summed E-state index contributed by atoms with van der Waals surface area (Å²) in [5.74, 6) is 0.351. The van der Waals surface area contributed by atoms with Crippen molar-refractivity contribution >= 4 is 0 Å². The molecule has 2 nitrogen and oxygen atoms in total. The lowest BCUT2D eigenvalue weighted by Crippen LogP contribution is -2.30. The minimum absolute atomic E-state index is 0.198. The highest BCUT2D eigenvalue weighted by Crippen LogP contribution is 2.31. The summed E-state index contributed by atoms with van der Waals surface area (Å²) in [6.45, 7) is 0.932. The van der Waals surface area contributed by atoms with Gasteiger partial charge in [0.15, 0.2) is 0 Å². The van der Waals surface area contributed by atoms with Gasteiger partial charge in [-0.15, -0.1) is 0 Å². The first kappa shape index (κ1) is 14.0. The Balaban J connectivity index is 1.67. The van der Waals surface area contributed by atoms with Crippen LogP contribution < -0.4 is 5.32 Å². The monoisotopic (exact) mass is 301 g/mol. The van der Waals surface area contributed by atoms with Crippen LogP contribution in [0.25, 0.3) is 11.1 Å². The molecule has 0 spiro atoms. The number of phenols is 1. The van der Waals surface area contributed by atoms with Crippen LogP contribution in [-0.4, -0.2) is 11.7 Å². The van der Waals surface area contributed by atoms with Gasteiger partial charge < -0.3 is 10.4 Å². The minimum Gasteiger partial charge on any atom is -0.508 e. The van der Waals surface area contributed by atoms with Crippen molar-refractivity contribution in [2.45, 2.75) is 12.5 Å². The van der Waals surface area contributed by atoms with Crippen molar-refractivity contribution < 1.29 is 5.11 Å². The van der Waals surface area contributed by atoms with Crippen LogP contribution in [0.2, 0.25) is 0 Å². The van der Waals surface area contributed by atoms with E-state index >= 15 is 0 Å². The van der Waals surface area contributed by atoms with Gasteiger partial charge in [0, 0.05) is 6.54 Å². The maximum Gasteiger partial charge on any atom is 0.115 e. The minimum atomic E-state index is 0.198. The van der Waals surface area contributed by atoms with Gasteiger partial charge in [0.1, 0.15) is 5.75 Å². The topological polar surface area (TPSA) is 32.3 Å². The summed E-state index contributed by atoms with van der Waals surface area (Å²) in [5.41, 5.74) is 6.23. The summed E-state index contributed by atoms with van der Waals surface area (Å²) in [6.07, 6.45) is 0.961. The fourth-order valence-electron chi connectivity index (χ4n) is 3.35. The van der Waals surface area contributed by atoms with E-state index in [9.17, 15) is 5.11 Å². The maximum absolute atomic E-state index is 9.69. The fourth-order valence-corrected chi connectivity index (χ4v) is 3.35. The van der Waals surface area contributed by atoms with Crippen molar-refractivity contribution in [3.63, 3.8) is 0 Å². The Kier molecular flexibility index (Phi) is 3.60. The second-order valence-electron chi connectivity index (χ2n) is 6.01. The predicted molar refractivity (Wildman–Crippen MR) is 93.5 cm³/mol. The Morgan fingerprint density at radius 1 is 0.826 bits per heavy atom. The molecule has 0 saturated heterocycles. The molecule has 3 aromatic carbocycles. The number of nitrogens with one attached hydrogen (secondary N) is 1. The molecule has 2 N–H and O–H groups in total. The zero-order valence-corrected chi connectivity index (χ0v) is 12.9. The lowest BCUT2D eigenvalue weighted by Gasteiger charge is -2.27. The smallest absolute Gasteiger partial charge is 0.115 e. The van der Waals surface area contributed by atoms with Gasteiger partial charge in [0.25, 0.3) is 0 Å². The van der Waals surface area contributed by atoms with E-state index in [-0.39, 0.29) is 6.04 Å². The normalized spacial score (nSPS) is 16.8. The Bertz CT molecular complexity index is 809. The standard InChI is InChI=1S/C21H19NO/c23-19-10-11-20-18(14-19)12-13-22-21(20)17-8-6-16(7-9-17)15-4-2-1-3-5-15/h1-11,14,21-23H,12-13H2. The van der Waals surface area contributed by atoms with Crippen LogP contribution >= 0.6 is 0 Å². The van der Waals surface area contributed by atoms with E-state index in [0.29, 0.717) is 5.75 Å². The molecule has 0 aromatic heterocycles. The second-order valence-corrected chi connectivity index (χ2v) is 6.01. The average Bonchev–Trinajstić information content (AvgIpc) is 2.62. The van der Waals surface area contributed by atoms with Gasteiger partial charge in [-0.1, -0.05) is 60.7 Å². The van der Waals surface area contributed by atoms with E-state index in [1.807, 2.05) is 18.2 Å². The molecular weight excluding hydrogens is 282 g/mol. The van der Waals surface area contributed by atoms with E-state index in [1.165, 1.54) is 27.8 Å². The van der Waals surface area contributed by atoms with Gasteiger partial charge >= 0.3 is 0 Å². The van der Waals surface area contributed by atoms with Gasteiger partial charge in [0.2, 0.25) is 0 Å². The maximum atomic E-state index is 9.69. The van der Waals surface area contributed by atoms with Gasteiger partial charge in [-0.2, -0.15) is 0 Å². The van der Waals surface area contributed by atoms with E-state index in [2.05, 4.69) is 53.8 Å². The molecule has 2 heteroatoms. The first-order valence-corrected chi connectivity index (χ1v) is 8.02. The highest BCUT2D eigenvalue weighted by atomic mass is 16.3. The number of phenolic OH excluding ortho intramolecular Hbond substituents is 1. The number of aromatic hydroxyl groups is 1. The van der Waals surface area contributed by atoms with Crippen LogP contribution in [0.4, 0.5) is 0 Å². The molecule has 1 heterocycles. The van der Waals surface area contributed by atoms with Crippen molar-refractivity contribution in [1.82, 2.24) is 5.32 Å². The molecular formula is C21H19NO. The molecule has 0 amide bonds. The number of hydrogen-bond acceptors (Lipinski definition) is 2. The number of rotatable bonds is 2. The molecule has 114 valence electrons. The van der Waals surface area contributed by atoms with E-state index < -0.39 is 0 Å². The summed E-state index contributed by atoms with van der Waals surface area (Å²) < 4.78 is 0. The highest BCUT2D eigenvalue weighted by molar-refractivity contribution is 5.63. The van der Waals surface area contributed by atoms with Crippen molar-refractivity contribution in [2.75, 3.05) is 6.54 Å². The predicted octanol–water partition coefficient (Wildman–Crippen LogP) is 4.29. The lowest BCUT2D eigenvalue weighted by atomic mass is 9.89. The third-order valence-electron chi connectivity index (χ3n) is 4.53. The molecule has 1 atom stereocenters. The Labute approximate surface area is 136 Å². The molecule has 4 rings (SSSR count). The Hall–Kier alpha value is -2.58. The van der Waals surface area contributed by atoms with Gasteiger partial charge in [-0.3, -0.25) is 0 Å². The molecule has 1 unspecified atom stereocenters. The summed E-state index contributed by atoms with van der Waals surface area (Å²) in [6, 6.07) is 25.1. The second kappa shape index (κ2) is 5.90. The van der Waals surface area contributed by atoms with Gasteiger partial charge in [-0.25, -0.2) is 0 Å². The summed E-state index contributed by atoms with van der Waals surface area (Å²) in [4.78, 5) is 0. The fraction of sp³-hybridized carbons (Fsp3) is 0.143. The van der Waals surface area contributed by atoms with Crippen molar-refractivity contribution in [3.05, 3.63) is 89.5 Å². The molecule has 0 radical (unpaired) electrons. The molecule has 0 bridgehead atoms. The summed E-state index contributed by atoms with van der Waals surface area (Å²) in [5, 5.41) is 13.3. The van der Waals surface area contributed by atoms with Gasteiger partial charge in [-0.05, 0) is 46.4 Å². The number of hydrogen-bond donors (Lipinski definition) is 2. The van der Waals surface area contributed by atoms with Crippen molar-refractivity contribution in [1.29, 1.82) is 0 Å². The lowest BCUT2D eigenvalue weighted by molar-refractivity contribution is 0.471. The van der Waals surface area contributed by atoms with Crippen LogP contribution in [0, 0.1) is 0 Å². The zero-order valence-electron chi connectivity index (χ0n) is 12.9. The van der Waals surface area contributed by atoms with Crippen LogP contribution in [0.5, 0.6) is 5.75 Å². The Morgan fingerprint density at radius 3 is 2.35 bits per heavy atom. The molecule has 0 saturated carbocycles. The molecule has 23 heavy (non-hydrogen) atoms. The number of benzene rings is 3. The average molecular weight is 301 g/mol. The van der Waals surface area contributed by atoms with Crippen LogP contribution in [0.15, 0.2) is 72.8 Å².